The Morgan fingerprint density at radius 2 is 1.84 bits per heavy atom. The van der Waals surface area contributed by atoms with Gasteiger partial charge in [-0.15, -0.1) is 11.3 Å². The third kappa shape index (κ3) is 5.14. The van der Waals surface area contributed by atoms with Crippen molar-refractivity contribution >= 4 is 38.9 Å². The molecule has 1 saturated heterocycles. The predicted molar refractivity (Wildman–Crippen MR) is 108 cm³/mol. The van der Waals surface area contributed by atoms with E-state index in [9.17, 15) is 4.79 Å². The van der Waals surface area contributed by atoms with Gasteiger partial charge in [-0.1, -0.05) is 12.1 Å². The number of thiophene rings is 1. The zero-order valence-electron chi connectivity index (χ0n) is 14.7. The van der Waals surface area contributed by atoms with Crippen LogP contribution in [0.3, 0.4) is 0 Å². The van der Waals surface area contributed by atoms with E-state index in [0.717, 1.165) is 44.0 Å². The molecule has 1 N–H and O–H groups in total. The molecule has 1 aromatic heterocycles. The molecule has 2 aromatic rings. The molecule has 0 spiro atoms. The number of hydrogen-bond donors (Lipinski definition) is 1. The van der Waals surface area contributed by atoms with Gasteiger partial charge in [0.1, 0.15) is 0 Å². The van der Waals surface area contributed by atoms with Crippen molar-refractivity contribution in [3.63, 3.8) is 0 Å². The fourth-order valence-corrected chi connectivity index (χ4v) is 4.57. The van der Waals surface area contributed by atoms with Crippen LogP contribution in [0.2, 0.25) is 0 Å². The highest BCUT2D eigenvalue weighted by molar-refractivity contribution is 9.11. The summed E-state index contributed by atoms with van der Waals surface area (Å²) in [6.07, 6.45) is 0. The first-order valence-corrected chi connectivity index (χ1v) is 10.2. The fourth-order valence-electron chi connectivity index (χ4n) is 3.04. The van der Waals surface area contributed by atoms with Crippen molar-refractivity contribution in [1.29, 1.82) is 0 Å². The van der Waals surface area contributed by atoms with Crippen molar-refractivity contribution in [2.24, 2.45) is 0 Å². The van der Waals surface area contributed by atoms with Crippen LogP contribution in [0.15, 0.2) is 34.1 Å². The van der Waals surface area contributed by atoms with Crippen LogP contribution >= 0.6 is 27.3 Å². The molecule has 0 unspecified atom stereocenters. The summed E-state index contributed by atoms with van der Waals surface area (Å²) in [5.74, 6) is 0.0735. The molecule has 1 aliphatic heterocycles. The minimum atomic E-state index is 0.0735. The Morgan fingerprint density at radius 1 is 1.12 bits per heavy atom. The van der Waals surface area contributed by atoms with Gasteiger partial charge in [0, 0.05) is 43.3 Å². The molecule has 1 aromatic carbocycles. The van der Waals surface area contributed by atoms with E-state index < -0.39 is 0 Å². The fraction of sp³-hybridized carbons (Fsp3) is 0.421. The molecule has 0 aliphatic carbocycles. The maximum Gasteiger partial charge on any atom is 0.238 e. The minimum Gasteiger partial charge on any atom is -0.325 e. The number of aryl methyl sites for hydroxylation is 1. The number of carbonyl (C=O) groups is 1. The van der Waals surface area contributed by atoms with Crippen molar-refractivity contribution in [3.05, 3.63) is 50.1 Å². The second-order valence-electron chi connectivity index (χ2n) is 6.55. The Balaban J connectivity index is 1.45. The highest BCUT2D eigenvalue weighted by Gasteiger charge is 2.19. The normalized spacial score (nSPS) is 16.1. The van der Waals surface area contributed by atoms with Crippen molar-refractivity contribution in [2.75, 3.05) is 38.0 Å². The molecule has 0 bridgehead atoms. The van der Waals surface area contributed by atoms with E-state index in [0.29, 0.717) is 6.54 Å². The lowest BCUT2D eigenvalue weighted by Gasteiger charge is -2.34. The molecule has 134 valence electrons. The highest BCUT2D eigenvalue weighted by atomic mass is 79.9. The van der Waals surface area contributed by atoms with Gasteiger partial charge in [0.15, 0.2) is 0 Å². The zero-order chi connectivity index (χ0) is 17.8. The molecular weight excluding hydrogens is 398 g/mol. The van der Waals surface area contributed by atoms with Gasteiger partial charge in [-0.3, -0.25) is 14.6 Å². The number of hydrogen-bond acceptors (Lipinski definition) is 4. The van der Waals surface area contributed by atoms with Gasteiger partial charge in [-0.05, 0) is 59.1 Å². The largest absolute Gasteiger partial charge is 0.325 e. The summed E-state index contributed by atoms with van der Waals surface area (Å²) in [4.78, 5) is 18.4. The average Bonchev–Trinajstić information content (AvgIpc) is 2.99. The number of carbonyl (C=O) groups excluding carboxylic acids is 1. The van der Waals surface area contributed by atoms with Crippen molar-refractivity contribution in [2.45, 2.75) is 20.4 Å². The SMILES string of the molecule is Cc1cccc(NC(=O)CN2CCN(Cc3ccc(Br)s3)CC2)c1C. The van der Waals surface area contributed by atoms with Crippen LogP contribution in [0.4, 0.5) is 5.69 Å². The maximum atomic E-state index is 12.3. The molecule has 2 heterocycles. The molecule has 1 aliphatic rings. The molecule has 6 heteroatoms. The summed E-state index contributed by atoms with van der Waals surface area (Å²) < 4.78 is 1.18. The zero-order valence-corrected chi connectivity index (χ0v) is 17.1. The van der Waals surface area contributed by atoms with Crippen molar-refractivity contribution in [3.8, 4) is 0 Å². The van der Waals surface area contributed by atoms with Crippen molar-refractivity contribution < 1.29 is 4.79 Å². The Hall–Kier alpha value is -1.21. The summed E-state index contributed by atoms with van der Waals surface area (Å²) in [6.45, 7) is 9.46. The van der Waals surface area contributed by atoms with Crippen LogP contribution in [0.25, 0.3) is 0 Å². The lowest BCUT2D eigenvalue weighted by Crippen LogP contribution is -2.48. The van der Waals surface area contributed by atoms with Gasteiger partial charge in [0.2, 0.25) is 5.91 Å². The lowest BCUT2D eigenvalue weighted by molar-refractivity contribution is -0.117. The predicted octanol–water partition coefficient (Wildman–Crippen LogP) is 3.88. The Morgan fingerprint density at radius 3 is 2.52 bits per heavy atom. The van der Waals surface area contributed by atoms with Crippen LogP contribution < -0.4 is 5.32 Å². The number of benzene rings is 1. The second-order valence-corrected chi connectivity index (χ2v) is 9.10. The van der Waals surface area contributed by atoms with E-state index in [-0.39, 0.29) is 5.91 Å². The van der Waals surface area contributed by atoms with E-state index in [1.165, 1.54) is 14.2 Å². The van der Waals surface area contributed by atoms with Crippen LogP contribution in [-0.4, -0.2) is 48.4 Å². The molecule has 0 atom stereocenters. The number of rotatable bonds is 5. The Labute approximate surface area is 162 Å². The third-order valence-corrected chi connectivity index (χ3v) is 6.33. The highest BCUT2D eigenvalue weighted by Crippen LogP contribution is 2.23. The standard InChI is InChI=1S/C19H24BrN3OS/c1-14-4-3-5-17(15(14)2)21-19(24)13-23-10-8-22(9-11-23)12-16-6-7-18(20)25-16/h3-7H,8-13H2,1-2H3,(H,21,24). The van der Waals surface area contributed by atoms with E-state index in [1.54, 1.807) is 11.3 Å². The first kappa shape index (κ1) is 18.6. The lowest BCUT2D eigenvalue weighted by atomic mass is 10.1. The molecular formula is C19H24BrN3OS. The second kappa shape index (κ2) is 8.45. The number of halogens is 1. The first-order chi connectivity index (χ1) is 12.0. The molecule has 3 rings (SSSR count). The summed E-state index contributed by atoms with van der Waals surface area (Å²) in [7, 11) is 0. The number of piperazine rings is 1. The Bertz CT molecular complexity index is 738. The van der Waals surface area contributed by atoms with Crippen LogP contribution in [0.1, 0.15) is 16.0 Å². The van der Waals surface area contributed by atoms with E-state index in [4.69, 9.17) is 0 Å². The van der Waals surface area contributed by atoms with Gasteiger partial charge in [0.25, 0.3) is 0 Å². The quantitative estimate of drug-likeness (QED) is 0.795. The average molecular weight is 422 g/mol. The summed E-state index contributed by atoms with van der Waals surface area (Å²) in [6, 6.07) is 10.3. The van der Waals surface area contributed by atoms with Gasteiger partial charge < -0.3 is 5.32 Å². The molecule has 0 saturated carbocycles. The molecule has 0 radical (unpaired) electrons. The molecule has 4 nitrogen and oxygen atoms in total. The number of nitrogens with one attached hydrogen (secondary N) is 1. The van der Waals surface area contributed by atoms with E-state index >= 15 is 0 Å². The van der Waals surface area contributed by atoms with E-state index in [2.05, 4.69) is 56.2 Å². The van der Waals surface area contributed by atoms with Crippen LogP contribution in [0, 0.1) is 13.8 Å². The number of nitrogens with zero attached hydrogens (tertiary/aromatic N) is 2. The van der Waals surface area contributed by atoms with Crippen LogP contribution in [-0.2, 0) is 11.3 Å². The monoisotopic (exact) mass is 421 g/mol. The van der Waals surface area contributed by atoms with E-state index in [1.807, 2.05) is 19.1 Å². The molecule has 1 fully saturated rings. The van der Waals surface area contributed by atoms with Crippen molar-refractivity contribution in [1.82, 2.24) is 9.80 Å². The summed E-state index contributed by atoms with van der Waals surface area (Å²) in [5.41, 5.74) is 3.27. The molecule has 1 amide bonds. The minimum absolute atomic E-state index is 0.0735. The topological polar surface area (TPSA) is 35.6 Å². The van der Waals surface area contributed by atoms with Gasteiger partial charge >= 0.3 is 0 Å². The summed E-state index contributed by atoms with van der Waals surface area (Å²) >= 11 is 5.31. The van der Waals surface area contributed by atoms with Gasteiger partial charge in [-0.2, -0.15) is 0 Å². The van der Waals surface area contributed by atoms with Crippen LogP contribution in [0.5, 0.6) is 0 Å². The third-order valence-electron chi connectivity index (χ3n) is 4.72. The molecule has 25 heavy (non-hydrogen) atoms. The number of amides is 1. The first-order valence-electron chi connectivity index (χ1n) is 8.56. The van der Waals surface area contributed by atoms with Gasteiger partial charge in [0.05, 0.1) is 10.3 Å². The number of anilines is 1. The summed E-state index contributed by atoms with van der Waals surface area (Å²) in [5, 5.41) is 3.05. The smallest absolute Gasteiger partial charge is 0.238 e. The maximum absolute atomic E-state index is 12.3. The van der Waals surface area contributed by atoms with Gasteiger partial charge in [-0.25, -0.2) is 0 Å². The Kier molecular flexibility index (Phi) is 6.28.